The molecule has 0 saturated carbocycles. The molecule has 0 spiro atoms. The first-order valence-corrected chi connectivity index (χ1v) is 5.00. The second kappa shape index (κ2) is 4.82. The summed E-state index contributed by atoms with van der Waals surface area (Å²) in [5, 5.41) is 5.27. The van der Waals surface area contributed by atoms with Crippen LogP contribution in [0.15, 0.2) is 28.9 Å². The zero-order chi connectivity index (χ0) is 12.3. The molecule has 0 radical (unpaired) electrons. The summed E-state index contributed by atoms with van der Waals surface area (Å²) in [6.07, 6.45) is 1.52. The van der Waals surface area contributed by atoms with Crippen molar-refractivity contribution in [2.45, 2.75) is 6.54 Å². The Balaban J connectivity index is 2.15. The minimum atomic E-state index is -0.743. The van der Waals surface area contributed by atoms with Gasteiger partial charge < -0.3 is 15.1 Å². The summed E-state index contributed by atoms with van der Waals surface area (Å²) >= 11 is 0. The third kappa shape index (κ3) is 2.52. The highest BCUT2D eigenvalue weighted by molar-refractivity contribution is 5.47. The molecule has 90 valence electrons. The van der Waals surface area contributed by atoms with Crippen LogP contribution in [0.5, 0.6) is 0 Å². The fourth-order valence-corrected chi connectivity index (χ4v) is 1.35. The van der Waals surface area contributed by atoms with Gasteiger partial charge in [0, 0.05) is 13.1 Å². The van der Waals surface area contributed by atoms with Crippen molar-refractivity contribution in [2.24, 2.45) is 0 Å². The second-order valence-corrected chi connectivity index (χ2v) is 3.33. The lowest BCUT2D eigenvalue weighted by Crippen LogP contribution is -2.06. The number of rotatable bonds is 4. The van der Waals surface area contributed by atoms with Crippen LogP contribution in [0.25, 0.3) is 0 Å². The summed E-state index contributed by atoms with van der Waals surface area (Å²) in [6, 6.07) is 4.25. The molecule has 2 N–H and O–H groups in total. The quantitative estimate of drug-likeness (QED) is 0.861. The predicted molar refractivity (Wildman–Crippen MR) is 59.7 cm³/mol. The summed E-state index contributed by atoms with van der Waals surface area (Å²) in [5.41, 5.74) is 0. The van der Waals surface area contributed by atoms with Gasteiger partial charge in [-0.15, -0.1) is 0 Å². The molecule has 0 saturated heterocycles. The Bertz CT molecular complexity index is 500. The van der Waals surface area contributed by atoms with Crippen molar-refractivity contribution in [1.29, 1.82) is 0 Å². The number of anilines is 2. The maximum absolute atomic E-state index is 13.4. The average Bonchev–Trinajstić information content (AvgIpc) is 2.81. The van der Waals surface area contributed by atoms with Crippen LogP contribution in [0.3, 0.4) is 0 Å². The van der Waals surface area contributed by atoms with Crippen molar-refractivity contribution in [3.05, 3.63) is 41.9 Å². The molecule has 17 heavy (non-hydrogen) atoms. The fourth-order valence-electron chi connectivity index (χ4n) is 1.35. The van der Waals surface area contributed by atoms with Crippen LogP contribution in [0.2, 0.25) is 0 Å². The molecule has 2 rings (SSSR count). The Morgan fingerprint density at radius 2 is 2.06 bits per heavy atom. The fraction of sp³-hybridized carbons (Fsp3) is 0.182. The van der Waals surface area contributed by atoms with Crippen molar-refractivity contribution in [3.63, 3.8) is 0 Å². The van der Waals surface area contributed by atoms with Gasteiger partial charge in [0.05, 0.1) is 12.8 Å². The van der Waals surface area contributed by atoms with Gasteiger partial charge >= 0.3 is 0 Å². The number of nitrogens with one attached hydrogen (secondary N) is 2. The van der Waals surface area contributed by atoms with Gasteiger partial charge in [-0.3, -0.25) is 0 Å². The highest BCUT2D eigenvalue weighted by Gasteiger charge is 2.10. The number of nitrogens with zero attached hydrogens (tertiary/aromatic N) is 1. The SMILES string of the molecule is CNc1nc(NCc2ccco2)c(F)cc1F. The normalized spacial score (nSPS) is 10.3. The standard InChI is InChI=1S/C11H11F2N3O/c1-14-10-8(12)5-9(13)11(16-10)15-6-7-3-2-4-17-7/h2-5H,6H2,1H3,(H2,14,15,16). The molecule has 0 bridgehead atoms. The molecular weight excluding hydrogens is 228 g/mol. The van der Waals surface area contributed by atoms with Gasteiger partial charge in [0.1, 0.15) is 5.76 Å². The molecule has 0 aromatic carbocycles. The van der Waals surface area contributed by atoms with Gasteiger partial charge in [0.15, 0.2) is 23.3 Å². The smallest absolute Gasteiger partial charge is 0.168 e. The highest BCUT2D eigenvalue weighted by atomic mass is 19.1. The molecule has 6 heteroatoms. The van der Waals surface area contributed by atoms with Crippen LogP contribution >= 0.6 is 0 Å². The molecule has 0 atom stereocenters. The molecule has 0 aliphatic carbocycles. The molecule has 0 aliphatic heterocycles. The van der Waals surface area contributed by atoms with E-state index in [2.05, 4.69) is 15.6 Å². The number of pyridine rings is 1. The van der Waals surface area contributed by atoms with Gasteiger partial charge in [-0.05, 0) is 12.1 Å². The van der Waals surface area contributed by atoms with Crippen LogP contribution in [0, 0.1) is 11.6 Å². The molecule has 0 unspecified atom stereocenters. The largest absolute Gasteiger partial charge is 0.467 e. The first-order valence-electron chi connectivity index (χ1n) is 5.00. The topological polar surface area (TPSA) is 50.1 Å². The Morgan fingerprint density at radius 3 is 2.71 bits per heavy atom. The van der Waals surface area contributed by atoms with Crippen molar-refractivity contribution in [2.75, 3.05) is 17.7 Å². The van der Waals surface area contributed by atoms with E-state index < -0.39 is 11.6 Å². The van der Waals surface area contributed by atoms with E-state index in [4.69, 9.17) is 4.42 Å². The Hall–Kier alpha value is -2.11. The van der Waals surface area contributed by atoms with E-state index in [-0.39, 0.29) is 18.2 Å². The number of aromatic nitrogens is 1. The van der Waals surface area contributed by atoms with Crippen molar-refractivity contribution >= 4 is 11.6 Å². The van der Waals surface area contributed by atoms with E-state index >= 15 is 0 Å². The van der Waals surface area contributed by atoms with Crippen LogP contribution in [-0.2, 0) is 6.54 Å². The summed E-state index contributed by atoms with van der Waals surface area (Å²) in [6.45, 7) is 0.283. The van der Waals surface area contributed by atoms with E-state index in [1.165, 1.54) is 13.3 Å². The zero-order valence-electron chi connectivity index (χ0n) is 9.13. The maximum atomic E-state index is 13.4. The van der Waals surface area contributed by atoms with Crippen LogP contribution in [-0.4, -0.2) is 12.0 Å². The van der Waals surface area contributed by atoms with E-state index in [1.807, 2.05) is 0 Å². The Kier molecular flexibility index (Phi) is 3.22. The first-order chi connectivity index (χ1) is 8.20. The third-order valence-corrected chi connectivity index (χ3v) is 2.18. The van der Waals surface area contributed by atoms with Gasteiger partial charge in [0.25, 0.3) is 0 Å². The van der Waals surface area contributed by atoms with Gasteiger partial charge in [0.2, 0.25) is 0 Å². The lowest BCUT2D eigenvalue weighted by molar-refractivity contribution is 0.516. The zero-order valence-corrected chi connectivity index (χ0v) is 9.13. The van der Waals surface area contributed by atoms with Gasteiger partial charge in [-0.25, -0.2) is 13.8 Å². The van der Waals surface area contributed by atoms with Crippen LogP contribution in [0.4, 0.5) is 20.4 Å². The van der Waals surface area contributed by atoms with Crippen molar-refractivity contribution < 1.29 is 13.2 Å². The second-order valence-electron chi connectivity index (χ2n) is 3.33. The summed E-state index contributed by atoms with van der Waals surface area (Å²) in [7, 11) is 1.51. The molecule has 0 amide bonds. The lowest BCUT2D eigenvalue weighted by Gasteiger charge is -2.08. The van der Waals surface area contributed by atoms with Gasteiger partial charge in [-0.2, -0.15) is 0 Å². The lowest BCUT2D eigenvalue weighted by atomic mass is 10.3. The van der Waals surface area contributed by atoms with Crippen molar-refractivity contribution in [1.82, 2.24) is 4.98 Å². The van der Waals surface area contributed by atoms with Crippen LogP contribution < -0.4 is 10.6 Å². The minimum absolute atomic E-state index is 0.00616. The Labute approximate surface area is 96.7 Å². The molecule has 4 nitrogen and oxygen atoms in total. The summed E-state index contributed by atoms with van der Waals surface area (Å²) in [4.78, 5) is 3.78. The molecule has 2 heterocycles. The molecule has 0 fully saturated rings. The minimum Gasteiger partial charge on any atom is -0.467 e. The number of halogens is 2. The van der Waals surface area contributed by atoms with Gasteiger partial charge in [-0.1, -0.05) is 0 Å². The van der Waals surface area contributed by atoms with E-state index in [9.17, 15) is 8.78 Å². The molecule has 0 aliphatic rings. The number of hydrogen-bond donors (Lipinski definition) is 2. The predicted octanol–water partition coefficient (Wildman–Crippen LogP) is 2.61. The summed E-state index contributed by atoms with van der Waals surface area (Å²) in [5.74, 6) is -0.858. The van der Waals surface area contributed by atoms with Crippen LogP contribution in [0.1, 0.15) is 5.76 Å². The van der Waals surface area contributed by atoms with E-state index in [1.54, 1.807) is 12.1 Å². The number of hydrogen-bond acceptors (Lipinski definition) is 4. The Morgan fingerprint density at radius 1 is 1.29 bits per heavy atom. The monoisotopic (exact) mass is 239 g/mol. The maximum Gasteiger partial charge on any atom is 0.168 e. The van der Waals surface area contributed by atoms with E-state index in [0.29, 0.717) is 5.76 Å². The average molecular weight is 239 g/mol. The molecule has 2 aromatic rings. The third-order valence-electron chi connectivity index (χ3n) is 2.18. The summed E-state index contributed by atoms with van der Waals surface area (Å²) < 4.78 is 31.6. The molecular formula is C11H11F2N3O. The number of furan rings is 1. The molecule has 2 aromatic heterocycles. The van der Waals surface area contributed by atoms with Crippen molar-refractivity contribution in [3.8, 4) is 0 Å². The van der Waals surface area contributed by atoms with E-state index in [0.717, 1.165) is 6.07 Å². The highest BCUT2D eigenvalue weighted by Crippen LogP contribution is 2.19. The first kappa shape index (κ1) is 11.4.